The van der Waals surface area contributed by atoms with Crippen molar-refractivity contribution in [2.45, 2.75) is 64.0 Å². The van der Waals surface area contributed by atoms with Crippen LogP contribution in [-0.2, 0) is 11.3 Å². The van der Waals surface area contributed by atoms with Crippen molar-refractivity contribution in [1.82, 2.24) is 20.1 Å². The maximum Gasteiger partial charge on any atom is 0.273 e. The molecule has 5 rings (SSSR count). The quantitative estimate of drug-likeness (QED) is 0.708. The Morgan fingerprint density at radius 2 is 1.91 bits per heavy atom. The van der Waals surface area contributed by atoms with E-state index in [1.807, 2.05) is 34.1 Å². The number of likely N-dealkylation sites (tertiary alicyclic amines) is 1. The molecule has 32 heavy (non-hydrogen) atoms. The molecular formula is C25H30N4O3. The van der Waals surface area contributed by atoms with Crippen molar-refractivity contribution in [2.24, 2.45) is 0 Å². The van der Waals surface area contributed by atoms with E-state index >= 15 is 0 Å². The van der Waals surface area contributed by atoms with E-state index in [0.29, 0.717) is 42.8 Å². The topological polar surface area (TPSA) is 82.6 Å². The van der Waals surface area contributed by atoms with Crippen LogP contribution in [0.1, 0.15) is 77.8 Å². The predicted octanol–water partition coefficient (Wildman–Crippen LogP) is 3.27. The summed E-state index contributed by atoms with van der Waals surface area (Å²) >= 11 is 0. The van der Waals surface area contributed by atoms with Gasteiger partial charge in [0, 0.05) is 49.6 Å². The van der Waals surface area contributed by atoms with Gasteiger partial charge in [-0.3, -0.25) is 14.4 Å². The monoisotopic (exact) mass is 434 g/mol. The molecule has 3 aliphatic rings. The Hall–Kier alpha value is -2.96. The van der Waals surface area contributed by atoms with Gasteiger partial charge < -0.3 is 15.1 Å². The Morgan fingerprint density at radius 3 is 2.69 bits per heavy atom. The SMILES string of the molecule is O=C(NCCCN1CCCC1=O)c1c2c(nc3ccccc13)C(=O)N(C1CCCCC1)C2. The minimum absolute atomic E-state index is 0.0424. The molecule has 3 amide bonds. The third-order valence-corrected chi connectivity index (χ3v) is 7.09. The van der Waals surface area contributed by atoms with Gasteiger partial charge in [0.05, 0.1) is 11.1 Å². The van der Waals surface area contributed by atoms with E-state index in [1.54, 1.807) is 0 Å². The van der Waals surface area contributed by atoms with Crippen LogP contribution >= 0.6 is 0 Å². The van der Waals surface area contributed by atoms with Gasteiger partial charge >= 0.3 is 0 Å². The number of nitrogens with zero attached hydrogens (tertiary/aromatic N) is 3. The third-order valence-electron chi connectivity index (χ3n) is 7.09. The van der Waals surface area contributed by atoms with E-state index in [1.165, 1.54) is 6.42 Å². The number of amides is 3. The zero-order valence-electron chi connectivity index (χ0n) is 18.4. The maximum atomic E-state index is 13.3. The molecule has 7 heteroatoms. The van der Waals surface area contributed by atoms with Gasteiger partial charge in [-0.1, -0.05) is 37.5 Å². The molecule has 2 aliphatic heterocycles. The number of fused-ring (bicyclic) bond motifs is 2. The maximum absolute atomic E-state index is 13.3. The molecule has 2 aromatic rings. The normalized spacial score (nSPS) is 19.1. The van der Waals surface area contributed by atoms with Crippen molar-refractivity contribution in [1.29, 1.82) is 0 Å². The van der Waals surface area contributed by atoms with Crippen molar-refractivity contribution in [3.05, 3.63) is 41.1 Å². The van der Waals surface area contributed by atoms with Crippen LogP contribution in [0.15, 0.2) is 24.3 Å². The number of carbonyl (C=O) groups is 3. The highest BCUT2D eigenvalue weighted by atomic mass is 16.2. The summed E-state index contributed by atoms with van der Waals surface area (Å²) in [6.45, 7) is 2.44. The number of nitrogens with one attached hydrogen (secondary N) is 1. The fourth-order valence-electron chi connectivity index (χ4n) is 5.41. The van der Waals surface area contributed by atoms with Gasteiger partial charge in [-0.2, -0.15) is 0 Å². The number of rotatable bonds is 6. The molecule has 2 fully saturated rings. The van der Waals surface area contributed by atoms with Crippen LogP contribution in [0.25, 0.3) is 10.9 Å². The number of para-hydroxylation sites is 1. The molecule has 0 spiro atoms. The molecule has 0 radical (unpaired) electrons. The molecule has 0 atom stereocenters. The molecule has 1 aromatic carbocycles. The van der Waals surface area contributed by atoms with E-state index in [-0.39, 0.29) is 23.8 Å². The number of aromatic nitrogens is 1. The highest BCUT2D eigenvalue weighted by Crippen LogP contribution is 2.34. The molecule has 1 saturated heterocycles. The summed E-state index contributed by atoms with van der Waals surface area (Å²) in [4.78, 5) is 46.8. The second kappa shape index (κ2) is 8.88. The van der Waals surface area contributed by atoms with Crippen LogP contribution < -0.4 is 5.32 Å². The number of benzene rings is 1. The number of pyridine rings is 1. The minimum Gasteiger partial charge on any atom is -0.352 e. The second-order valence-corrected chi connectivity index (χ2v) is 9.15. The van der Waals surface area contributed by atoms with Gasteiger partial charge in [-0.15, -0.1) is 0 Å². The fourth-order valence-corrected chi connectivity index (χ4v) is 5.41. The molecule has 0 bridgehead atoms. The van der Waals surface area contributed by atoms with E-state index in [9.17, 15) is 14.4 Å². The fraction of sp³-hybridized carbons (Fsp3) is 0.520. The van der Waals surface area contributed by atoms with Crippen molar-refractivity contribution < 1.29 is 14.4 Å². The zero-order chi connectivity index (χ0) is 22.1. The van der Waals surface area contributed by atoms with E-state index < -0.39 is 0 Å². The first kappa shape index (κ1) is 20.9. The van der Waals surface area contributed by atoms with Crippen LogP contribution in [0.2, 0.25) is 0 Å². The standard InChI is InChI=1S/C25H30N4O3/c30-21-12-6-14-28(21)15-7-13-26-24(31)22-18-10-4-5-11-20(18)27-23-19(22)16-29(25(23)32)17-8-2-1-3-9-17/h4-5,10-11,17H,1-3,6-9,12-16H2,(H,26,31). The smallest absolute Gasteiger partial charge is 0.273 e. The first-order chi connectivity index (χ1) is 15.6. The average Bonchev–Trinajstić information content (AvgIpc) is 3.38. The lowest BCUT2D eigenvalue weighted by Crippen LogP contribution is -2.37. The summed E-state index contributed by atoms with van der Waals surface area (Å²) in [6, 6.07) is 7.80. The van der Waals surface area contributed by atoms with E-state index in [0.717, 1.165) is 56.0 Å². The molecule has 1 aromatic heterocycles. The Kier molecular flexibility index (Phi) is 5.81. The Balaban J connectivity index is 1.37. The summed E-state index contributed by atoms with van der Waals surface area (Å²) in [5.74, 6) is 0.000678. The highest BCUT2D eigenvalue weighted by Gasteiger charge is 2.38. The highest BCUT2D eigenvalue weighted by molar-refractivity contribution is 6.11. The zero-order valence-corrected chi connectivity index (χ0v) is 18.4. The van der Waals surface area contributed by atoms with Crippen molar-refractivity contribution in [3.8, 4) is 0 Å². The van der Waals surface area contributed by atoms with Crippen molar-refractivity contribution in [3.63, 3.8) is 0 Å². The Labute approximate surface area is 188 Å². The number of hydrogen-bond donors (Lipinski definition) is 1. The van der Waals surface area contributed by atoms with Crippen LogP contribution in [0.4, 0.5) is 0 Å². The summed E-state index contributed by atoms with van der Waals surface area (Å²) in [5.41, 5.74) is 2.45. The van der Waals surface area contributed by atoms with Crippen molar-refractivity contribution in [2.75, 3.05) is 19.6 Å². The summed E-state index contributed by atoms with van der Waals surface area (Å²) in [6.07, 6.45) is 7.84. The molecule has 3 heterocycles. The summed E-state index contributed by atoms with van der Waals surface area (Å²) in [7, 11) is 0. The molecule has 1 N–H and O–H groups in total. The van der Waals surface area contributed by atoms with Crippen LogP contribution in [0.3, 0.4) is 0 Å². The van der Waals surface area contributed by atoms with E-state index in [2.05, 4.69) is 10.3 Å². The lowest BCUT2D eigenvalue weighted by molar-refractivity contribution is -0.127. The average molecular weight is 435 g/mol. The molecule has 1 saturated carbocycles. The Bertz CT molecular complexity index is 1060. The van der Waals surface area contributed by atoms with Crippen molar-refractivity contribution >= 4 is 28.6 Å². The van der Waals surface area contributed by atoms with Gasteiger partial charge in [0.25, 0.3) is 11.8 Å². The van der Waals surface area contributed by atoms with Crippen LogP contribution in [0.5, 0.6) is 0 Å². The van der Waals surface area contributed by atoms with Gasteiger partial charge in [0.15, 0.2) is 0 Å². The molecule has 1 aliphatic carbocycles. The van der Waals surface area contributed by atoms with Gasteiger partial charge in [0.1, 0.15) is 5.69 Å². The van der Waals surface area contributed by atoms with Crippen LogP contribution in [-0.4, -0.2) is 58.2 Å². The van der Waals surface area contributed by atoms with E-state index in [4.69, 9.17) is 0 Å². The molecule has 168 valence electrons. The number of carbonyl (C=O) groups excluding carboxylic acids is 3. The lowest BCUT2D eigenvalue weighted by Gasteiger charge is -2.30. The third kappa shape index (κ3) is 3.85. The van der Waals surface area contributed by atoms with Gasteiger partial charge in [0.2, 0.25) is 5.91 Å². The first-order valence-corrected chi connectivity index (χ1v) is 11.9. The first-order valence-electron chi connectivity index (χ1n) is 11.9. The van der Waals surface area contributed by atoms with Gasteiger partial charge in [-0.05, 0) is 31.7 Å². The largest absolute Gasteiger partial charge is 0.352 e. The predicted molar refractivity (Wildman–Crippen MR) is 121 cm³/mol. The molecule has 0 unspecified atom stereocenters. The van der Waals surface area contributed by atoms with Crippen LogP contribution in [0, 0.1) is 0 Å². The minimum atomic E-state index is -0.161. The lowest BCUT2D eigenvalue weighted by atomic mass is 9.94. The number of hydrogen-bond acceptors (Lipinski definition) is 4. The molecular weight excluding hydrogens is 404 g/mol. The second-order valence-electron chi connectivity index (χ2n) is 9.15. The summed E-state index contributed by atoms with van der Waals surface area (Å²) in [5, 5.41) is 3.82. The summed E-state index contributed by atoms with van der Waals surface area (Å²) < 4.78 is 0. The van der Waals surface area contributed by atoms with Gasteiger partial charge in [-0.25, -0.2) is 4.98 Å². The molecule has 7 nitrogen and oxygen atoms in total. The Morgan fingerprint density at radius 1 is 1.09 bits per heavy atom.